The van der Waals surface area contributed by atoms with Gasteiger partial charge in [0.2, 0.25) is 0 Å². The third-order valence-electron chi connectivity index (χ3n) is 2.85. The van der Waals surface area contributed by atoms with Crippen LogP contribution in [0.15, 0.2) is 48.5 Å². The van der Waals surface area contributed by atoms with Crippen LogP contribution < -0.4 is 14.8 Å². The van der Waals surface area contributed by atoms with Crippen LogP contribution >= 0.6 is 0 Å². The van der Waals surface area contributed by atoms with E-state index in [0.29, 0.717) is 13.2 Å². The molecule has 3 nitrogen and oxygen atoms in total. The minimum absolute atomic E-state index is 0.535. The van der Waals surface area contributed by atoms with Gasteiger partial charge in [-0.15, -0.1) is 0 Å². The number of aryl methyl sites for hydroxylation is 1. The fourth-order valence-corrected chi connectivity index (χ4v) is 1.75. The Hall–Kier alpha value is -2.16. The van der Waals surface area contributed by atoms with Crippen LogP contribution in [0.1, 0.15) is 5.56 Å². The van der Waals surface area contributed by atoms with E-state index in [4.69, 9.17) is 9.47 Å². The van der Waals surface area contributed by atoms with Crippen LogP contribution in [0.25, 0.3) is 0 Å². The smallest absolute Gasteiger partial charge is 0.122 e. The molecule has 0 saturated carbocycles. The molecule has 0 spiro atoms. The lowest BCUT2D eigenvalue weighted by Gasteiger charge is -2.10. The van der Waals surface area contributed by atoms with Gasteiger partial charge < -0.3 is 14.8 Å². The molecule has 2 aromatic carbocycles. The number of para-hydroxylation sites is 1. The van der Waals surface area contributed by atoms with Crippen molar-refractivity contribution >= 4 is 5.69 Å². The third kappa shape index (κ3) is 3.91. The molecule has 0 saturated heterocycles. The first kappa shape index (κ1) is 13.3. The fraction of sp³-hybridized carbons (Fsp3) is 0.250. The number of hydrogen-bond donors (Lipinski definition) is 1. The van der Waals surface area contributed by atoms with Gasteiger partial charge in [-0.05, 0) is 42.8 Å². The van der Waals surface area contributed by atoms with Crippen molar-refractivity contribution in [2.24, 2.45) is 0 Å². The summed E-state index contributed by atoms with van der Waals surface area (Å²) >= 11 is 0. The van der Waals surface area contributed by atoms with Crippen LogP contribution in [-0.4, -0.2) is 20.3 Å². The van der Waals surface area contributed by atoms with Crippen molar-refractivity contribution < 1.29 is 9.47 Å². The largest absolute Gasteiger partial charge is 0.490 e. The van der Waals surface area contributed by atoms with Gasteiger partial charge in [-0.2, -0.15) is 0 Å². The minimum Gasteiger partial charge on any atom is -0.490 e. The highest BCUT2D eigenvalue weighted by Gasteiger charge is 1.98. The van der Waals surface area contributed by atoms with Crippen molar-refractivity contribution in [2.75, 3.05) is 25.6 Å². The first-order chi connectivity index (χ1) is 9.29. The third-order valence-corrected chi connectivity index (χ3v) is 2.85. The van der Waals surface area contributed by atoms with E-state index in [9.17, 15) is 0 Å². The Bertz CT molecular complexity index is 508. The Morgan fingerprint density at radius 3 is 2.26 bits per heavy atom. The van der Waals surface area contributed by atoms with Crippen LogP contribution in [0.3, 0.4) is 0 Å². The van der Waals surface area contributed by atoms with Gasteiger partial charge in [-0.1, -0.05) is 18.2 Å². The number of benzene rings is 2. The number of ether oxygens (including phenoxy) is 2. The Balaban J connectivity index is 1.76. The highest BCUT2D eigenvalue weighted by molar-refractivity contribution is 5.45. The van der Waals surface area contributed by atoms with E-state index in [-0.39, 0.29) is 0 Å². The molecule has 2 rings (SSSR count). The molecule has 3 heteroatoms. The molecular weight excluding hydrogens is 238 g/mol. The molecule has 0 bridgehead atoms. The monoisotopic (exact) mass is 257 g/mol. The Kier molecular flexibility index (Phi) is 4.67. The molecule has 100 valence electrons. The van der Waals surface area contributed by atoms with Gasteiger partial charge in [-0.25, -0.2) is 0 Å². The molecule has 0 aliphatic carbocycles. The van der Waals surface area contributed by atoms with Gasteiger partial charge in [0.1, 0.15) is 24.7 Å². The Morgan fingerprint density at radius 1 is 0.895 bits per heavy atom. The summed E-state index contributed by atoms with van der Waals surface area (Å²) in [4.78, 5) is 0. The molecular formula is C16H19NO2. The second-order valence-electron chi connectivity index (χ2n) is 4.24. The van der Waals surface area contributed by atoms with Crippen LogP contribution in [0.5, 0.6) is 11.5 Å². The van der Waals surface area contributed by atoms with Crippen LogP contribution in [0.4, 0.5) is 5.69 Å². The lowest BCUT2D eigenvalue weighted by molar-refractivity contribution is 0.216. The summed E-state index contributed by atoms with van der Waals surface area (Å²) in [6.45, 7) is 3.11. The minimum atomic E-state index is 0.535. The van der Waals surface area contributed by atoms with Gasteiger partial charge in [0.15, 0.2) is 0 Å². The summed E-state index contributed by atoms with van der Waals surface area (Å²) in [5, 5.41) is 3.07. The molecule has 0 heterocycles. The first-order valence-corrected chi connectivity index (χ1v) is 6.38. The summed E-state index contributed by atoms with van der Waals surface area (Å²) in [7, 11) is 1.89. The SMILES string of the molecule is CNc1ccc(OCCOc2ccccc2C)cc1. The summed E-state index contributed by atoms with van der Waals surface area (Å²) in [6, 6.07) is 15.8. The van der Waals surface area contributed by atoms with E-state index in [1.807, 2.05) is 62.5 Å². The number of rotatable bonds is 6. The summed E-state index contributed by atoms with van der Waals surface area (Å²) in [6.07, 6.45) is 0. The van der Waals surface area contributed by atoms with Gasteiger partial charge in [-0.3, -0.25) is 0 Å². The van der Waals surface area contributed by atoms with Crippen molar-refractivity contribution in [1.29, 1.82) is 0 Å². The highest BCUT2D eigenvalue weighted by Crippen LogP contribution is 2.17. The molecule has 0 radical (unpaired) electrons. The quantitative estimate of drug-likeness (QED) is 0.803. The van der Waals surface area contributed by atoms with Crippen LogP contribution in [-0.2, 0) is 0 Å². The maximum absolute atomic E-state index is 5.67. The molecule has 0 aromatic heterocycles. The lowest BCUT2D eigenvalue weighted by atomic mass is 10.2. The summed E-state index contributed by atoms with van der Waals surface area (Å²) in [5.41, 5.74) is 2.21. The molecule has 0 atom stereocenters. The normalized spacial score (nSPS) is 10.0. The van der Waals surface area contributed by atoms with Crippen molar-refractivity contribution in [3.8, 4) is 11.5 Å². The molecule has 0 unspecified atom stereocenters. The van der Waals surface area contributed by atoms with Crippen molar-refractivity contribution in [3.05, 3.63) is 54.1 Å². The van der Waals surface area contributed by atoms with Gasteiger partial charge in [0.05, 0.1) is 0 Å². The first-order valence-electron chi connectivity index (χ1n) is 6.38. The zero-order chi connectivity index (χ0) is 13.5. The lowest BCUT2D eigenvalue weighted by Crippen LogP contribution is -2.09. The predicted octanol–water partition coefficient (Wildman–Crippen LogP) is 3.49. The molecule has 19 heavy (non-hydrogen) atoms. The zero-order valence-electron chi connectivity index (χ0n) is 11.3. The van der Waals surface area contributed by atoms with Gasteiger partial charge in [0, 0.05) is 12.7 Å². The maximum atomic E-state index is 5.67. The van der Waals surface area contributed by atoms with Crippen molar-refractivity contribution in [3.63, 3.8) is 0 Å². The molecule has 0 amide bonds. The van der Waals surface area contributed by atoms with E-state index in [1.54, 1.807) is 0 Å². The summed E-state index contributed by atoms with van der Waals surface area (Å²) in [5.74, 6) is 1.77. The molecule has 0 fully saturated rings. The van der Waals surface area contributed by atoms with E-state index in [1.165, 1.54) is 0 Å². The van der Waals surface area contributed by atoms with Gasteiger partial charge in [0.25, 0.3) is 0 Å². The van der Waals surface area contributed by atoms with Gasteiger partial charge >= 0.3 is 0 Å². The van der Waals surface area contributed by atoms with Crippen molar-refractivity contribution in [2.45, 2.75) is 6.92 Å². The summed E-state index contributed by atoms with van der Waals surface area (Å²) < 4.78 is 11.3. The van der Waals surface area contributed by atoms with E-state index in [0.717, 1.165) is 22.7 Å². The average molecular weight is 257 g/mol. The number of hydrogen-bond acceptors (Lipinski definition) is 3. The van der Waals surface area contributed by atoms with Crippen LogP contribution in [0, 0.1) is 6.92 Å². The zero-order valence-corrected chi connectivity index (χ0v) is 11.3. The topological polar surface area (TPSA) is 30.5 Å². The Labute approximate surface area is 114 Å². The van der Waals surface area contributed by atoms with E-state index >= 15 is 0 Å². The molecule has 0 aliphatic rings. The molecule has 1 N–H and O–H groups in total. The van der Waals surface area contributed by atoms with E-state index < -0.39 is 0 Å². The number of nitrogens with one attached hydrogen (secondary N) is 1. The molecule has 0 aliphatic heterocycles. The second-order valence-corrected chi connectivity index (χ2v) is 4.24. The maximum Gasteiger partial charge on any atom is 0.122 e. The standard InChI is InChI=1S/C16H19NO2/c1-13-5-3-4-6-16(13)19-12-11-18-15-9-7-14(17-2)8-10-15/h3-10,17H,11-12H2,1-2H3. The fourth-order valence-electron chi connectivity index (χ4n) is 1.75. The van der Waals surface area contributed by atoms with Crippen LogP contribution in [0.2, 0.25) is 0 Å². The Morgan fingerprint density at radius 2 is 1.58 bits per heavy atom. The van der Waals surface area contributed by atoms with Crippen molar-refractivity contribution in [1.82, 2.24) is 0 Å². The highest BCUT2D eigenvalue weighted by atomic mass is 16.5. The molecule has 2 aromatic rings. The predicted molar refractivity (Wildman–Crippen MR) is 78.2 cm³/mol. The average Bonchev–Trinajstić information content (AvgIpc) is 2.46. The second kappa shape index (κ2) is 6.69. The number of anilines is 1. The van der Waals surface area contributed by atoms with E-state index in [2.05, 4.69) is 5.32 Å².